The molecule has 1 spiro atoms. The third-order valence-corrected chi connectivity index (χ3v) is 9.84. The van der Waals surface area contributed by atoms with E-state index < -0.39 is 28.7 Å². The quantitative estimate of drug-likeness (QED) is 0.320. The summed E-state index contributed by atoms with van der Waals surface area (Å²) in [6.45, 7) is 3.25. The smallest absolute Gasteiger partial charge is 0.311 e. The molecule has 7 nitrogen and oxygen atoms in total. The molecule has 2 amide bonds. The van der Waals surface area contributed by atoms with Crippen LogP contribution in [-0.4, -0.2) is 81.1 Å². The second-order valence-electron chi connectivity index (χ2n) is 10.4. The highest BCUT2D eigenvalue weighted by molar-refractivity contribution is 8.02. The lowest BCUT2D eigenvalue weighted by atomic mass is 9.78. The summed E-state index contributed by atoms with van der Waals surface area (Å²) < 4.78 is 4.66. The predicted molar refractivity (Wildman–Crippen MR) is 143 cm³/mol. The highest BCUT2D eigenvalue weighted by Crippen LogP contribution is 2.61. The molecule has 0 bridgehead atoms. The number of nitrogens with zero attached hydrogens (tertiary/aromatic N) is 2. The number of cyclic esters (lactones) is 1. The van der Waals surface area contributed by atoms with Gasteiger partial charge in [0.2, 0.25) is 11.8 Å². The normalized spacial score (nSPS) is 31.8. The van der Waals surface area contributed by atoms with Crippen LogP contribution in [0.4, 0.5) is 0 Å². The van der Waals surface area contributed by atoms with Crippen molar-refractivity contribution in [2.75, 3.05) is 26.3 Å². The van der Waals surface area contributed by atoms with E-state index >= 15 is 0 Å². The minimum Gasteiger partial charge on any atom is -0.465 e. The van der Waals surface area contributed by atoms with Crippen molar-refractivity contribution in [1.82, 2.24) is 9.80 Å². The Hall–Kier alpha value is -2.58. The van der Waals surface area contributed by atoms with Gasteiger partial charge in [0.25, 0.3) is 0 Å². The van der Waals surface area contributed by atoms with E-state index in [1.165, 1.54) is 0 Å². The predicted octanol–water partition coefficient (Wildman–Crippen LogP) is 2.98. The van der Waals surface area contributed by atoms with E-state index in [1.807, 2.05) is 59.5 Å². The Morgan fingerprint density at radius 2 is 1.95 bits per heavy atom. The van der Waals surface area contributed by atoms with E-state index in [1.54, 1.807) is 16.7 Å². The maximum Gasteiger partial charge on any atom is 0.311 e. The summed E-state index contributed by atoms with van der Waals surface area (Å²) in [5.74, 6) is -2.09. The summed E-state index contributed by atoms with van der Waals surface area (Å²) in [4.78, 5) is 45.3. The van der Waals surface area contributed by atoms with Crippen molar-refractivity contribution in [3.8, 4) is 0 Å². The lowest BCUT2D eigenvalue weighted by Crippen LogP contribution is -2.57. The van der Waals surface area contributed by atoms with E-state index in [0.29, 0.717) is 25.9 Å². The van der Waals surface area contributed by atoms with Crippen molar-refractivity contribution in [2.45, 2.75) is 61.1 Å². The van der Waals surface area contributed by atoms with Gasteiger partial charge < -0.3 is 19.6 Å². The van der Waals surface area contributed by atoms with Crippen LogP contribution in [0.25, 0.3) is 0 Å². The molecule has 0 saturated carbocycles. The molecular weight excluding hydrogens is 488 g/mol. The summed E-state index contributed by atoms with van der Waals surface area (Å²) in [6.07, 6.45) is 12.1. The molecule has 8 heteroatoms. The molecule has 1 N–H and O–H groups in total. The molecule has 1 unspecified atom stereocenters. The molecule has 0 radical (unpaired) electrons. The van der Waals surface area contributed by atoms with Crippen LogP contribution in [0.15, 0.2) is 54.6 Å². The fraction of sp³-hybridized carbons (Fsp3) is 0.552. The number of hydrogen-bond donors (Lipinski definition) is 1. The SMILES string of the molecule is CCCCCN1CC=C[C@]23S[C@@H]4C=CCCOC(=O)[C@@H]4[C@H]2C(=O)N([C@@H](CO)Cc2ccccc2)C3C1=O. The van der Waals surface area contributed by atoms with Crippen LogP contribution in [0.2, 0.25) is 0 Å². The zero-order valence-electron chi connectivity index (χ0n) is 21.3. The second kappa shape index (κ2) is 11.0. The van der Waals surface area contributed by atoms with Gasteiger partial charge in [0.15, 0.2) is 0 Å². The molecule has 198 valence electrons. The standard InChI is InChI=1S/C29H36N2O5S/c1-2-3-8-15-30-16-10-14-29-24(23-22(37-29)13-7-9-17-36-28(23)35)26(33)31(25(29)27(30)34)21(19-32)18-20-11-5-4-6-12-20/h4-7,10-14,21-25,32H,2-3,8-9,15-19H2,1H3/t21-,22-,23+,24+,25?,29+/m1/s1. The van der Waals surface area contributed by atoms with Crippen molar-refractivity contribution in [2.24, 2.45) is 11.8 Å². The summed E-state index contributed by atoms with van der Waals surface area (Å²) >= 11 is 1.55. The van der Waals surface area contributed by atoms with Gasteiger partial charge in [-0.15, -0.1) is 11.8 Å². The molecule has 6 atom stereocenters. The van der Waals surface area contributed by atoms with Gasteiger partial charge in [0.05, 0.1) is 35.8 Å². The van der Waals surface area contributed by atoms with E-state index in [9.17, 15) is 19.5 Å². The van der Waals surface area contributed by atoms with E-state index in [-0.39, 0.29) is 36.2 Å². The molecule has 5 rings (SSSR count). The van der Waals surface area contributed by atoms with Crippen LogP contribution in [-0.2, 0) is 25.5 Å². The summed E-state index contributed by atoms with van der Waals surface area (Å²) in [6, 6.07) is 8.35. The number of unbranched alkanes of at least 4 members (excludes halogenated alkanes) is 2. The number of hydrogen-bond acceptors (Lipinski definition) is 6. The molecular formula is C29H36N2O5S. The van der Waals surface area contributed by atoms with Crippen LogP contribution in [0.3, 0.4) is 0 Å². The van der Waals surface area contributed by atoms with Crippen LogP contribution in [0.1, 0.15) is 38.2 Å². The number of benzene rings is 1. The van der Waals surface area contributed by atoms with Gasteiger partial charge in [-0.05, 0) is 24.8 Å². The van der Waals surface area contributed by atoms with Gasteiger partial charge in [-0.3, -0.25) is 14.4 Å². The fourth-order valence-corrected chi connectivity index (χ4v) is 8.37. The number of aliphatic hydroxyl groups is 1. The number of fused-ring (bicyclic) bond motifs is 2. The van der Waals surface area contributed by atoms with Crippen LogP contribution >= 0.6 is 11.8 Å². The molecule has 0 aliphatic carbocycles. The van der Waals surface area contributed by atoms with Crippen molar-refractivity contribution < 1.29 is 24.2 Å². The van der Waals surface area contributed by atoms with Crippen molar-refractivity contribution in [1.29, 1.82) is 0 Å². The zero-order valence-corrected chi connectivity index (χ0v) is 22.1. The Morgan fingerprint density at radius 3 is 2.70 bits per heavy atom. The van der Waals surface area contributed by atoms with Gasteiger partial charge in [-0.1, -0.05) is 74.4 Å². The Morgan fingerprint density at radius 1 is 1.14 bits per heavy atom. The molecule has 4 aliphatic rings. The van der Waals surface area contributed by atoms with Crippen LogP contribution in [0.5, 0.6) is 0 Å². The number of amides is 2. The van der Waals surface area contributed by atoms with Crippen molar-refractivity contribution in [3.05, 3.63) is 60.2 Å². The number of carbonyl (C=O) groups is 3. The van der Waals surface area contributed by atoms with Crippen LogP contribution < -0.4 is 0 Å². The number of thioether (sulfide) groups is 1. The Kier molecular flexibility index (Phi) is 7.77. The molecule has 1 aromatic rings. The molecule has 1 aromatic carbocycles. The van der Waals surface area contributed by atoms with Gasteiger partial charge >= 0.3 is 5.97 Å². The molecule has 4 heterocycles. The minimum absolute atomic E-state index is 0.0948. The average Bonchev–Trinajstić information content (AvgIpc) is 3.28. The van der Waals surface area contributed by atoms with Crippen LogP contribution in [0, 0.1) is 11.8 Å². The minimum atomic E-state index is -0.888. The lowest BCUT2D eigenvalue weighted by Gasteiger charge is -2.38. The summed E-state index contributed by atoms with van der Waals surface area (Å²) in [5.41, 5.74) is 0.982. The third-order valence-electron chi connectivity index (χ3n) is 8.09. The highest BCUT2D eigenvalue weighted by atomic mass is 32.2. The lowest BCUT2D eigenvalue weighted by molar-refractivity contribution is -0.153. The number of aliphatic hydroxyl groups excluding tert-OH is 1. The summed E-state index contributed by atoms with van der Waals surface area (Å²) in [7, 11) is 0. The van der Waals surface area contributed by atoms with Gasteiger partial charge in [0.1, 0.15) is 6.04 Å². The first-order chi connectivity index (χ1) is 18.0. The van der Waals surface area contributed by atoms with E-state index in [4.69, 9.17) is 4.74 Å². The maximum absolute atomic E-state index is 14.3. The van der Waals surface area contributed by atoms with Gasteiger partial charge in [0, 0.05) is 18.3 Å². The Bertz CT molecular complexity index is 1080. The third kappa shape index (κ3) is 4.63. The largest absolute Gasteiger partial charge is 0.465 e. The highest BCUT2D eigenvalue weighted by Gasteiger charge is 2.71. The maximum atomic E-state index is 14.3. The average molecular weight is 525 g/mol. The first-order valence-corrected chi connectivity index (χ1v) is 14.3. The number of likely N-dealkylation sites (tertiary alicyclic amines) is 1. The molecule has 4 aliphatic heterocycles. The number of ether oxygens (including phenoxy) is 1. The summed E-state index contributed by atoms with van der Waals surface area (Å²) in [5, 5.41) is 10.3. The molecule has 2 fully saturated rings. The van der Waals surface area contributed by atoms with E-state index in [0.717, 1.165) is 24.8 Å². The molecule has 0 aromatic heterocycles. The van der Waals surface area contributed by atoms with Gasteiger partial charge in [-0.25, -0.2) is 0 Å². The number of esters is 1. The van der Waals surface area contributed by atoms with Gasteiger partial charge in [-0.2, -0.15) is 0 Å². The fourth-order valence-electron chi connectivity index (χ4n) is 6.38. The Labute approximate surface area is 222 Å². The van der Waals surface area contributed by atoms with E-state index in [2.05, 4.69) is 6.92 Å². The molecule has 2 saturated heterocycles. The number of carbonyl (C=O) groups excluding carboxylic acids is 3. The monoisotopic (exact) mass is 524 g/mol. The molecule has 37 heavy (non-hydrogen) atoms. The topological polar surface area (TPSA) is 87.2 Å². The van der Waals surface area contributed by atoms with Crippen molar-refractivity contribution in [3.63, 3.8) is 0 Å². The first-order valence-electron chi connectivity index (χ1n) is 13.5. The van der Waals surface area contributed by atoms with Crippen molar-refractivity contribution >= 4 is 29.5 Å². The second-order valence-corrected chi connectivity index (χ2v) is 11.9. The number of rotatable bonds is 8. The Balaban J connectivity index is 1.57. The zero-order chi connectivity index (χ0) is 26.0. The first kappa shape index (κ1) is 26.0.